The Morgan fingerprint density at radius 2 is 2.03 bits per heavy atom. The predicted octanol–water partition coefficient (Wildman–Crippen LogP) is 4.32. The quantitative estimate of drug-likeness (QED) is 0.307. The number of thioether (sulfide) groups is 1. The first-order valence-corrected chi connectivity index (χ1v) is 11.1. The standard InChI is InChI=1S/C22H23N5O3S/c1-3-23-21(15-6-9-18(10-7-15)27(29)30)26-12-4-5-17-13-16(8-11-20(17)26)19-14-31-22(28)25(2)24-19/h6-11,13H,3-5,12,14H2,1-2H3. The van der Waals surface area contributed by atoms with Crippen LogP contribution in [0.5, 0.6) is 0 Å². The molecule has 2 aromatic rings. The molecule has 1 amide bonds. The van der Waals surface area contributed by atoms with Crippen molar-refractivity contribution in [1.82, 2.24) is 5.01 Å². The fourth-order valence-electron chi connectivity index (χ4n) is 3.83. The number of aryl methyl sites for hydroxylation is 1. The first kappa shape index (κ1) is 21.0. The number of non-ortho nitro benzene ring substituents is 1. The van der Waals surface area contributed by atoms with Crippen LogP contribution in [-0.2, 0) is 6.42 Å². The molecule has 2 aliphatic rings. The smallest absolute Gasteiger partial charge is 0.301 e. The van der Waals surface area contributed by atoms with Crippen LogP contribution in [0.15, 0.2) is 52.6 Å². The maximum Gasteiger partial charge on any atom is 0.301 e. The highest BCUT2D eigenvalue weighted by Crippen LogP contribution is 2.31. The summed E-state index contributed by atoms with van der Waals surface area (Å²) in [6.07, 6.45) is 1.93. The number of nitro benzene ring substituents is 1. The summed E-state index contributed by atoms with van der Waals surface area (Å²) >= 11 is 1.26. The summed E-state index contributed by atoms with van der Waals surface area (Å²) in [6.45, 7) is 3.43. The van der Waals surface area contributed by atoms with Gasteiger partial charge in [-0.25, -0.2) is 5.01 Å². The number of fused-ring (bicyclic) bond motifs is 1. The maximum absolute atomic E-state index is 11.7. The summed E-state index contributed by atoms with van der Waals surface area (Å²) in [5.41, 5.74) is 5.15. The van der Waals surface area contributed by atoms with Crippen LogP contribution in [0, 0.1) is 10.1 Å². The number of hydrogen-bond acceptors (Lipinski definition) is 6. The molecule has 2 aliphatic heterocycles. The second kappa shape index (κ2) is 8.89. The molecule has 0 aliphatic carbocycles. The molecule has 0 radical (unpaired) electrons. The van der Waals surface area contributed by atoms with E-state index in [4.69, 9.17) is 4.99 Å². The molecule has 0 saturated carbocycles. The molecule has 2 heterocycles. The molecular weight excluding hydrogens is 414 g/mol. The van der Waals surface area contributed by atoms with Gasteiger partial charge in [0.25, 0.3) is 5.69 Å². The molecule has 0 fully saturated rings. The molecule has 0 atom stereocenters. The fourth-order valence-corrected chi connectivity index (χ4v) is 4.54. The van der Waals surface area contributed by atoms with Crippen LogP contribution in [-0.4, -0.2) is 52.6 Å². The number of carbonyl (C=O) groups is 1. The molecule has 2 aromatic carbocycles. The predicted molar refractivity (Wildman–Crippen MR) is 124 cm³/mol. The molecule has 0 saturated heterocycles. The van der Waals surface area contributed by atoms with Crippen LogP contribution in [0.1, 0.15) is 30.0 Å². The Balaban J connectivity index is 1.68. The minimum Gasteiger partial charge on any atom is -0.326 e. The lowest BCUT2D eigenvalue weighted by Gasteiger charge is -2.33. The van der Waals surface area contributed by atoms with E-state index in [0.29, 0.717) is 12.3 Å². The van der Waals surface area contributed by atoms with Crippen molar-refractivity contribution in [2.24, 2.45) is 10.1 Å². The third kappa shape index (κ3) is 4.32. The van der Waals surface area contributed by atoms with Crippen molar-refractivity contribution in [2.75, 3.05) is 30.8 Å². The summed E-state index contributed by atoms with van der Waals surface area (Å²) in [4.78, 5) is 29.2. The Kier molecular flexibility index (Phi) is 6.03. The number of rotatable bonds is 4. The summed E-state index contributed by atoms with van der Waals surface area (Å²) < 4.78 is 0. The van der Waals surface area contributed by atoms with Crippen LogP contribution >= 0.6 is 11.8 Å². The topological polar surface area (TPSA) is 91.4 Å². The lowest BCUT2D eigenvalue weighted by atomic mass is 9.97. The Hall–Kier alpha value is -3.20. The van der Waals surface area contributed by atoms with Gasteiger partial charge >= 0.3 is 5.24 Å². The van der Waals surface area contributed by atoms with E-state index in [1.54, 1.807) is 19.2 Å². The largest absolute Gasteiger partial charge is 0.326 e. The maximum atomic E-state index is 11.7. The Morgan fingerprint density at radius 3 is 2.71 bits per heavy atom. The van der Waals surface area contributed by atoms with Gasteiger partial charge in [0, 0.05) is 49.3 Å². The number of benzene rings is 2. The monoisotopic (exact) mass is 437 g/mol. The van der Waals surface area contributed by atoms with Gasteiger partial charge in [-0.1, -0.05) is 17.8 Å². The number of nitro groups is 1. The van der Waals surface area contributed by atoms with Gasteiger partial charge in [0.1, 0.15) is 5.84 Å². The number of amides is 1. The SMILES string of the molecule is CCN=C(c1ccc([N+](=O)[O-])cc1)N1CCCc2cc(C3=NN(C)C(=O)SC3)ccc21. The van der Waals surface area contributed by atoms with Crippen LogP contribution in [0.4, 0.5) is 16.2 Å². The van der Waals surface area contributed by atoms with Crippen LogP contribution in [0.2, 0.25) is 0 Å². The Labute approximate surface area is 184 Å². The molecule has 9 heteroatoms. The van der Waals surface area contributed by atoms with E-state index in [-0.39, 0.29) is 10.9 Å². The summed E-state index contributed by atoms with van der Waals surface area (Å²) in [7, 11) is 1.67. The highest BCUT2D eigenvalue weighted by molar-refractivity contribution is 8.14. The molecule has 8 nitrogen and oxygen atoms in total. The van der Waals surface area contributed by atoms with E-state index in [0.717, 1.165) is 47.7 Å². The number of carbonyl (C=O) groups excluding carboxylic acids is 1. The molecular formula is C22H23N5O3S. The van der Waals surface area contributed by atoms with Crippen molar-refractivity contribution in [3.63, 3.8) is 0 Å². The molecule has 0 N–H and O–H groups in total. The van der Waals surface area contributed by atoms with E-state index in [1.807, 2.05) is 13.0 Å². The third-order valence-corrected chi connectivity index (χ3v) is 6.23. The average molecular weight is 438 g/mol. The molecule has 0 aromatic heterocycles. The lowest BCUT2D eigenvalue weighted by Crippen LogP contribution is -2.36. The van der Waals surface area contributed by atoms with Crippen LogP contribution in [0.25, 0.3) is 0 Å². The minimum absolute atomic E-state index is 0.0450. The Morgan fingerprint density at radius 1 is 1.26 bits per heavy atom. The van der Waals surface area contributed by atoms with E-state index in [9.17, 15) is 14.9 Å². The lowest BCUT2D eigenvalue weighted by molar-refractivity contribution is -0.384. The number of anilines is 1. The molecule has 0 bridgehead atoms. The van der Waals surface area contributed by atoms with Gasteiger partial charge in [-0.3, -0.25) is 19.9 Å². The van der Waals surface area contributed by atoms with E-state index in [1.165, 1.54) is 34.5 Å². The number of amidine groups is 1. The van der Waals surface area contributed by atoms with Gasteiger partial charge in [-0.2, -0.15) is 5.10 Å². The van der Waals surface area contributed by atoms with Crippen molar-refractivity contribution >= 4 is 39.9 Å². The van der Waals surface area contributed by atoms with Gasteiger partial charge in [0.2, 0.25) is 0 Å². The number of nitrogens with zero attached hydrogens (tertiary/aromatic N) is 5. The van der Waals surface area contributed by atoms with Gasteiger partial charge in [0.15, 0.2) is 0 Å². The zero-order valence-corrected chi connectivity index (χ0v) is 18.3. The van der Waals surface area contributed by atoms with Gasteiger partial charge in [-0.15, -0.1) is 0 Å². The highest BCUT2D eigenvalue weighted by Gasteiger charge is 2.25. The van der Waals surface area contributed by atoms with Gasteiger partial charge in [-0.05, 0) is 55.2 Å². The third-order valence-electron chi connectivity index (χ3n) is 5.30. The van der Waals surface area contributed by atoms with E-state index < -0.39 is 4.92 Å². The van der Waals surface area contributed by atoms with Crippen molar-refractivity contribution in [1.29, 1.82) is 0 Å². The second-order valence-corrected chi connectivity index (χ2v) is 8.25. The van der Waals surface area contributed by atoms with Crippen molar-refractivity contribution in [3.8, 4) is 0 Å². The van der Waals surface area contributed by atoms with Crippen molar-refractivity contribution < 1.29 is 9.72 Å². The molecule has 160 valence electrons. The molecule has 31 heavy (non-hydrogen) atoms. The molecule has 0 spiro atoms. The number of aliphatic imine (C=N–C) groups is 1. The summed E-state index contributed by atoms with van der Waals surface area (Å²) in [6, 6.07) is 12.8. The fraction of sp³-hybridized carbons (Fsp3) is 0.318. The minimum atomic E-state index is -0.393. The number of hydrazone groups is 1. The first-order chi connectivity index (χ1) is 15.0. The molecule has 4 rings (SSSR count). The van der Waals surface area contributed by atoms with E-state index >= 15 is 0 Å². The highest BCUT2D eigenvalue weighted by atomic mass is 32.2. The zero-order chi connectivity index (χ0) is 22.0. The van der Waals surface area contributed by atoms with Crippen LogP contribution < -0.4 is 4.90 Å². The van der Waals surface area contributed by atoms with Gasteiger partial charge in [0.05, 0.1) is 10.6 Å². The van der Waals surface area contributed by atoms with Crippen LogP contribution in [0.3, 0.4) is 0 Å². The van der Waals surface area contributed by atoms with Crippen molar-refractivity contribution in [2.45, 2.75) is 19.8 Å². The summed E-state index contributed by atoms with van der Waals surface area (Å²) in [5.74, 6) is 1.39. The average Bonchev–Trinajstić information content (AvgIpc) is 2.78. The zero-order valence-electron chi connectivity index (χ0n) is 17.4. The van der Waals surface area contributed by atoms with E-state index in [2.05, 4.69) is 22.1 Å². The van der Waals surface area contributed by atoms with Gasteiger partial charge < -0.3 is 4.90 Å². The second-order valence-electron chi connectivity index (χ2n) is 7.33. The van der Waals surface area contributed by atoms with Crippen molar-refractivity contribution in [3.05, 3.63) is 69.3 Å². The summed E-state index contributed by atoms with van der Waals surface area (Å²) in [5, 5.41) is 16.8. The normalized spacial score (nSPS) is 16.8. The number of hydrogen-bond donors (Lipinski definition) is 0. The molecule has 0 unspecified atom stereocenters. The first-order valence-electron chi connectivity index (χ1n) is 10.2. The Bertz CT molecular complexity index is 1080.